The SMILES string of the molecule is CN1C(=O)Cc2cc(C(CN)N3CCCCC3)ccc21. The Labute approximate surface area is 120 Å². The van der Waals surface area contributed by atoms with E-state index in [1.54, 1.807) is 4.90 Å². The number of nitrogens with zero attached hydrogens (tertiary/aromatic N) is 2. The number of anilines is 1. The molecule has 4 nitrogen and oxygen atoms in total. The molecule has 0 saturated carbocycles. The molecule has 1 unspecified atom stereocenters. The number of nitrogens with two attached hydrogens (primary N) is 1. The lowest BCUT2D eigenvalue weighted by molar-refractivity contribution is -0.117. The Kier molecular flexibility index (Phi) is 3.76. The van der Waals surface area contributed by atoms with Crippen molar-refractivity contribution in [1.82, 2.24) is 4.90 Å². The fourth-order valence-corrected chi connectivity index (χ4v) is 3.42. The zero-order chi connectivity index (χ0) is 14.1. The molecule has 0 aromatic heterocycles. The van der Waals surface area contributed by atoms with Crippen LogP contribution in [0.3, 0.4) is 0 Å². The molecule has 20 heavy (non-hydrogen) atoms. The number of rotatable bonds is 3. The van der Waals surface area contributed by atoms with Gasteiger partial charge in [-0.05, 0) is 43.1 Å². The largest absolute Gasteiger partial charge is 0.329 e. The smallest absolute Gasteiger partial charge is 0.231 e. The van der Waals surface area contributed by atoms with Crippen LogP contribution < -0.4 is 10.6 Å². The van der Waals surface area contributed by atoms with Gasteiger partial charge in [0.1, 0.15) is 0 Å². The van der Waals surface area contributed by atoms with Crippen molar-refractivity contribution < 1.29 is 4.79 Å². The summed E-state index contributed by atoms with van der Waals surface area (Å²) in [6, 6.07) is 6.69. The predicted octanol–water partition coefficient (Wildman–Crippen LogP) is 1.69. The van der Waals surface area contributed by atoms with Crippen molar-refractivity contribution in [2.45, 2.75) is 31.7 Å². The summed E-state index contributed by atoms with van der Waals surface area (Å²) in [6.45, 7) is 2.91. The van der Waals surface area contributed by atoms with E-state index >= 15 is 0 Å². The lowest BCUT2D eigenvalue weighted by atomic mass is 9.99. The highest BCUT2D eigenvalue weighted by Crippen LogP contribution is 2.32. The molecule has 1 atom stereocenters. The van der Waals surface area contributed by atoms with Gasteiger partial charge in [0, 0.05) is 25.3 Å². The van der Waals surface area contributed by atoms with Crippen molar-refractivity contribution in [3.63, 3.8) is 0 Å². The number of hydrogen-bond donors (Lipinski definition) is 1. The van der Waals surface area contributed by atoms with E-state index in [1.165, 1.54) is 24.8 Å². The third-order valence-corrected chi connectivity index (χ3v) is 4.62. The minimum Gasteiger partial charge on any atom is -0.329 e. The average Bonchev–Trinajstić information content (AvgIpc) is 2.76. The Hall–Kier alpha value is -1.39. The molecular formula is C16H23N3O. The summed E-state index contributed by atoms with van der Waals surface area (Å²) in [7, 11) is 1.85. The van der Waals surface area contributed by atoms with Crippen LogP contribution in [0.15, 0.2) is 18.2 Å². The first-order chi connectivity index (χ1) is 9.70. The van der Waals surface area contributed by atoms with Crippen LogP contribution in [0.1, 0.15) is 36.4 Å². The summed E-state index contributed by atoms with van der Waals surface area (Å²) < 4.78 is 0. The molecule has 1 fully saturated rings. The number of likely N-dealkylation sites (tertiary alicyclic amines) is 1. The van der Waals surface area contributed by atoms with Crippen molar-refractivity contribution in [2.75, 3.05) is 31.6 Å². The molecule has 3 rings (SSSR count). The molecule has 0 bridgehead atoms. The standard InChI is InChI=1S/C16H23N3O/c1-18-14-6-5-12(9-13(14)10-16(18)20)15(11-17)19-7-3-2-4-8-19/h5-6,9,15H,2-4,7-8,10-11,17H2,1H3. The van der Waals surface area contributed by atoms with Gasteiger partial charge in [0.25, 0.3) is 0 Å². The lowest BCUT2D eigenvalue weighted by Crippen LogP contribution is -2.37. The van der Waals surface area contributed by atoms with Gasteiger partial charge in [-0.3, -0.25) is 9.69 Å². The topological polar surface area (TPSA) is 49.6 Å². The Bertz CT molecular complexity index is 508. The van der Waals surface area contributed by atoms with E-state index < -0.39 is 0 Å². The first-order valence-electron chi connectivity index (χ1n) is 7.54. The molecule has 0 radical (unpaired) electrons. The molecular weight excluding hydrogens is 250 g/mol. The second-order valence-electron chi connectivity index (χ2n) is 5.87. The molecule has 2 N–H and O–H groups in total. The van der Waals surface area contributed by atoms with Crippen molar-refractivity contribution >= 4 is 11.6 Å². The fourth-order valence-electron chi connectivity index (χ4n) is 3.42. The number of hydrogen-bond acceptors (Lipinski definition) is 3. The summed E-state index contributed by atoms with van der Waals surface area (Å²) in [5, 5.41) is 0. The molecule has 2 aliphatic heterocycles. The van der Waals surface area contributed by atoms with Gasteiger partial charge in [-0.1, -0.05) is 18.6 Å². The number of piperidine rings is 1. The number of carbonyl (C=O) groups is 1. The number of benzene rings is 1. The van der Waals surface area contributed by atoms with Gasteiger partial charge in [-0.15, -0.1) is 0 Å². The molecule has 108 valence electrons. The molecule has 2 heterocycles. The molecule has 0 spiro atoms. The molecule has 1 amide bonds. The molecule has 1 aromatic carbocycles. The van der Waals surface area contributed by atoms with Crippen LogP contribution in [-0.4, -0.2) is 37.5 Å². The number of fused-ring (bicyclic) bond motifs is 1. The molecule has 4 heteroatoms. The van der Waals surface area contributed by atoms with Gasteiger partial charge in [0.05, 0.1) is 6.42 Å². The minimum absolute atomic E-state index is 0.180. The summed E-state index contributed by atoms with van der Waals surface area (Å²) >= 11 is 0. The second kappa shape index (κ2) is 5.54. The average molecular weight is 273 g/mol. The first-order valence-corrected chi connectivity index (χ1v) is 7.54. The monoisotopic (exact) mass is 273 g/mol. The van der Waals surface area contributed by atoms with Crippen LogP contribution in [0, 0.1) is 0 Å². The van der Waals surface area contributed by atoms with Crippen molar-refractivity contribution in [1.29, 1.82) is 0 Å². The first kappa shape index (κ1) is 13.6. The molecule has 1 aromatic rings. The number of carbonyl (C=O) groups excluding carboxylic acids is 1. The Morgan fingerprint density at radius 1 is 1.25 bits per heavy atom. The summed E-state index contributed by atoms with van der Waals surface area (Å²) in [5.74, 6) is 0.180. The highest BCUT2D eigenvalue weighted by molar-refractivity contribution is 6.00. The van der Waals surface area contributed by atoms with Crippen LogP contribution in [0.2, 0.25) is 0 Å². The van der Waals surface area contributed by atoms with Crippen molar-refractivity contribution in [3.8, 4) is 0 Å². The second-order valence-corrected chi connectivity index (χ2v) is 5.87. The van der Waals surface area contributed by atoms with E-state index in [4.69, 9.17) is 5.73 Å². The van der Waals surface area contributed by atoms with E-state index in [-0.39, 0.29) is 5.91 Å². The maximum Gasteiger partial charge on any atom is 0.231 e. The molecule has 0 aliphatic carbocycles. The lowest BCUT2D eigenvalue weighted by Gasteiger charge is -2.34. The molecule has 2 aliphatic rings. The van der Waals surface area contributed by atoms with Gasteiger partial charge >= 0.3 is 0 Å². The predicted molar refractivity (Wildman–Crippen MR) is 80.8 cm³/mol. The Balaban J connectivity index is 1.86. The fraction of sp³-hybridized carbons (Fsp3) is 0.562. The summed E-state index contributed by atoms with van der Waals surface area (Å²) in [5.41, 5.74) is 9.47. The van der Waals surface area contributed by atoms with Crippen LogP contribution in [0.25, 0.3) is 0 Å². The van der Waals surface area contributed by atoms with Gasteiger partial charge in [-0.25, -0.2) is 0 Å². The highest BCUT2D eigenvalue weighted by Gasteiger charge is 2.26. The van der Waals surface area contributed by atoms with E-state index in [1.807, 2.05) is 7.05 Å². The third-order valence-electron chi connectivity index (χ3n) is 4.62. The summed E-state index contributed by atoms with van der Waals surface area (Å²) in [6.07, 6.45) is 4.39. The Morgan fingerprint density at radius 3 is 2.70 bits per heavy atom. The van der Waals surface area contributed by atoms with Crippen LogP contribution in [0.4, 0.5) is 5.69 Å². The molecule has 1 saturated heterocycles. The van der Waals surface area contributed by atoms with Gasteiger partial charge in [-0.2, -0.15) is 0 Å². The minimum atomic E-state index is 0.180. The number of likely N-dealkylation sites (N-methyl/N-ethyl adjacent to an activating group) is 1. The maximum absolute atomic E-state index is 11.8. The van der Waals surface area contributed by atoms with Crippen LogP contribution in [0.5, 0.6) is 0 Å². The van der Waals surface area contributed by atoms with E-state index in [2.05, 4.69) is 23.1 Å². The van der Waals surface area contributed by atoms with Crippen LogP contribution in [-0.2, 0) is 11.2 Å². The van der Waals surface area contributed by atoms with E-state index in [9.17, 15) is 4.79 Å². The normalized spacial score (nSPS) is 21.1. The zero-order valence-electron chi connectivity index (χ0n) is 12.1. The van der Waals surface area contributed by atoms with Gasteiger partial charge < -0.3 is 10.6 Å². The maximum atomic E-state index is 11.8. The van der Waals surface area contributed by atoms with Gasteiger partial charge in [0.15, 0.2) is 0 Å². The number of amides is 1. The van der Waals surface area contributed by atoms with Crippen molar-refractivity contribution in [3.05, 3.63) is 29.3 Å². The Morgan fingerprint density at radius 2 is 2.00 bits per heavy atom. The van der Waals surface area contributed by atoms with Crippen molar-refractivity contribution in [2.24, 2.45) is 5.73 Å². The highest BCUT2D eigenvalue weighted by atomic mass is 16.2. The van der Waals surface area contributed by atoms with Crippen LogP contribution >= 0.6 is 0 Å². The zero-order valence-corrected chi connectivity index (χ0v) is 12.1. The summed E-state index contributed by atoms with van der Waals surface area (Å²) in [4.78, 5) is 16.0. The quantitative estimate of drug-likeness (QED) is 0.912. The third kappa shape index (κ3) is 2.34. The van der Waals surface area contributed by atoms with E-state index in [0.717, 1.165) is 24.3 Å². The van der Waals surface area contributed by atoms with Gasteiger partial charge in [0.2, 0.25) is 5.91 Å². The van der Waals surface area contributed by atoms with E-state index in [0.29, 0.717) is 19.0 Å².